The normalized spacial score (nSPS) is 22.6. The van der Waals surface area contributed by atoms with E-state index in [1.807, 2.05) is 40.9 Å². The lowest BCUT2D eigenvalue weighted by Gasteiger charge is -2.31. The third-order valence-electron chi connectivity index (χ3n) is 4.73. The van der Waals surface area contributed by atoms with Gasteiger partial charge in [-0.2, -0.15) is 0 Å². The fourth-order valence-corrected chi connectivity index (χ4v) is 4.70. The topological polar surface area (TPSA) is 43.8 Å². The van der Waals surface area contributed by atoms with Crippen molar-refractivity contribution in [3.8, 4) is 0 Å². The van der Waals surface area contributed by atoms with Crippen LogP contribution in [0.1, 0.15) is 43.0 Å². The number of aliphatic hydroxyl groups is 1. The highest BCUT2D eigenvalue weighted by Gasteiger charge is 2.29. The molecule has 1 aromatic rings. The standard InChI is InChI=1S/C18H26N2O2S/c1-2-3-17-20(12-13-23-17)18(22)14-4-6-15(7-5-14)19-10-8-16(21)9-11-19/h4-7,16-17,21H,2-3,8-13H2,1H3. The number of anilines is 1. The summed E-state index contributed by atoms with van der Waals surface area (Å²) in [5, 5.41) is 9.95. The van der Waals surface area contributed by atoms with E-state index in [2.05, 4.69) is 11.8 Å². The number of carbonyl (C=O) groups excluding carboxylic acids is 1. The van der Waals surface area contributed by atoms with Crippen LogP contribution < -0.4 is 4.90 Å². The highest BCUT2D eigenvalue weighted by Crippen LogP contribution is 2.29. The molecule has 1 unspecified atom stereocenters. The van der Waals surface area contributed by atoms with E-state index in [-0.39, 0.29) is 12.0 Å². The zero-order valence-electron chi connectivity index (χ0n) is 13.8. The second-order valence-electron chi connectivity index (χ2n) is 6.38. The second-order valence-corrected chi connectivity index (χ2v) is 7.66. The van der Waals surface area contributed by atoms with Crippen LogP contribution in [0, 0.1) is 0 Å². The molecule has 2 aliphatic rings. The first kappa shape index (κ1) is 16.7. The monoisotopic (exact) mass is 334 g/mol. The van der Waals surface area contributed by atoms with Crippen molar-refractivity contribution in [3.05, 3.63) is 29.8 Å². The van der Waals surface area contributed by atoms with Gasteiger partial charge in [0.15, 0.2) is 0 Å². The Balaban J connectivity index is 1.66. The van der Waals surface area contributed by atoms with E-state index in [1.54, 1.807) is 0 Å². The minimum Gasteiger partial charge on any atom is -0.393 e. The van der Waals surface area contributed by atoms with Crippen molar-refractivity contribution in [1.29, 1.82) is 0 Å². The van der Waals surface area contributed by atoms with Crippen molar-refractivity contribution in [3.63, 3.8) is 0 Å². The van der Waals surface area contributed by atoms with Gasteiger partial charge in [0.25, 0.3) is 5.91 Å². The summed E-state index contributed by atoms with van der Waals surface area (Å²) < 4.78 is 0. The molecular weight excluding hydrogens is 308 g/mol. The molecule has 4 nitrogen and oxygen atoms in total. The Morgan fingerprint density at radius 3 is 2.57 bits per heavy atom. The molecule has 1 N–H and O–H groups in total. The molecule has 5 heteroatoms. The SMILES string of the molecule is CCCC1SCCN1C(=O)c1ccc(N2CCC(O)CC2)cc1. The Kier molecular flexibility index (Phi) is 5.49. The van der Waals surface area contributed by atoms with E-state index in [1.165, 1.54) is 0 Å². The van der Waals surface area contributed by atoms with Gasteiger partial charge in [0.2, 0.25) is 0 Å². The highest BCUT2D eigenvalue weighted by molar-refractivity contribution is 8.00. The number of thioether (sulfide) groups is 1. The zero-order valence-corrected chi connectivity index (χ0v) is 14.6. The van der Waals surface area contributed by atoms with Crippen LogP contribution in [0.2, 0.25) is 0 Å². The zero-order chi connectivity index (χ0) is 16.2. The third kappa shape index (κ3) is 3.83. The summed E-state index contributed by atoms with van der Waals surface area (Å²) in [6.45, 7) is 4.80. The van der Waals surface area contributed by atoms with Crippen molar-refractivity contribution >= 4 is 23.4 Å². The van der Waals surface area contributed by atoms with Gasteiger partial charge in [-0.15, -0.1) is 11.8 Å². The number of hydrogen-bond acceptors (Lipinski definition) is 4. The molecule has 0 saturated carbocycles. The molecule has 2 fully saturated rings. The summed E-state index contributed by atoms with van der Waals surface area (Å²) in [4.78, 5) is 17.0. The molecular formula is C18H26N2O2S. The number of amides is 1. The number of nitrogens with zero attached hydrogens (tertiary/aromatic N) is 2. The third-order valence-corrected chi connectivity index (χ3v) is 6.02. The summed E-state index contributed by atoms with van der Waals surface area (Å²) in [5.41, 5.74) is 1.93. The van der Waals surface area contributed by atoms with Gasteiger partial charge in [0, 0.05) is 36.6 Å². The van der Waals surface area contributed by atoms with Gasteiger partial charge < -0.3 is 14.9 Å². The van der Waals surface area contributed by atoms with Gasteiger partial charge in [-0.3, -0.25) is 4.79 Å². The van der Waals surface area contributed by atoms with E-state index in [0.29, 0.717) is 5.37 Å². The average molecular weight is 334 g/mol. The number of hydrogen-bond donors (Lipinski definition) is 1. The van der Waals surface area contributed by atoms with E-state index in [4.69, 9.17) is 0 Å². The summed E-state index contributed by atoms with van der Waals surface area (Å²) in [5.74, 6) is 1.21. The lowest BCUT2D eigenvalue weighted by atomic mass is 10.1. The lowest BCUT2D eigenvalue weighted by Crippen LogP contribution is -2.36. The first-order valence-electron chi connectivity index (χ1n) is 8.64. The van der Waals surface area contributed by atoms with Gasteiger partial charge in [0.1, 0.15) is 0 Å². The van der Waals surface area contributed by atoms with Gasteiger partial charge in [0.05, 0.1) is 11.5 Å². The fraction of sp³-hybridized carbons (Fsp3) is 0.611. The van der Waals surface area contributed by atoms with Crippen molar-refractivity contribution in [2.45, 2.75) is 44.1 Å². The molecule has 126 valence electrons. The van der Waals surface area contributed by atoms with Crippen molar-refractivity contribution < 1.29 is 9.90 Å². The summed E-state index contributed by atoms with van der Waals surface area (Å²) >= 11 is 1.90. The maximum atomic E-state index is 12.7. The molecule has 2 saturated heterocycles. The largest absolute Gasteiger partial charge is 0.393 e. The molecule has 0 spiro atoms. The van der Waals surface area contributed by atoms with Crippen LogP contribution in [-0.4, -0.2) is 52.8 Å². The number of aliphatic hydroxyl groups excluding tert-OH is 1. The molecule has 1 aromatic carbocycles. The number of piperidine rings is 1. The smallest absolute Gasteiger partial charge is 0.254 e. The first-order valence-corrected chi connectivity index (χ1v) is 9.69. The Hall–Kier alpha value is -1.20. The molecule has 23 heavy (non-hydrogen) atoms. The molecule has 1 atom stereocenters. The minimum atomic E-state index is -0.157. The van der Waals surface area contributed by atoms with E-state index >= 15 is 0 Å². The Bertz CT molecular complexity index is 526. The van der Waals surface area contributed by atoms with Gasteiger partial charge in [-0.1, -0.05) is 13.3 Å². The predicted octanol–water partition coefficient (Wildman–Crippen LogP) is 2.96. The number of carbonyl (C=O) groups is 1. The molecule has 0 bridgehead atoms. The molecule has 0 aromatic heterocycles. The van der Waals surface area contributed by atoms with Crippen LogP contribution in [0.15, 0.2) is 24.3 Å². The second kappa shape index (κ2) is 7.58. The number of rotatable bonds is 4. The van der Waals surface area contributed by atoms with Gasteiger partial charge in [-0.25, -0.2) is 0 Å². The molecule has 0 aliphatic carbocycles. The molecule has 3 rings (SSSR count). The quantitative estimate of drug-likeness (QED) is 0.919. The molecule has 2 heterocycles. The van der Waals surface area contributed by atoms with E-state index < -0.39 is 0 Å². The van der Waals surface area contributed by atoms with Crippen LogP contribution in [-0.2, 0) is 0 Å². The Morgan fingerprint density at radius 2 is 1.91 bits per heavy atom. The maximum absolute atomic E-state index is 12.7. The average Bonchev–Trinajstić information content (AvgIpc) is 3.04. The van der Waals surface area contributed by atoms with Gasteiger partial charge >= 0.3 is 0 Å². The Morgan fingerprint density at radius 1 is 1.22 bits per heavy atom. The van der Waals surface area contributed by atoms with Crippen LogP contribution in [0.25, 0.3) is 0 Å². The first-order chi connectivity index (χ1) is 11.2. The predicted molar refractivity (Wildman–Crippen MR) is 96.1 cm³/mol. The summed E-state index contributed by atoms with van der Waals surface area (Å²) in [6.07, 6.45) is 3.68. The molecule has 0 radical (unpaired) electrons. The van der Waals surface area contributed by atoms with Crippen LogP contribution in [0.3, 0.4) is 0 Å². The lowest BCUT2D eigenvalue weighted by molar-refractivity contribution is 0.0756. The van der Waals surface area contributed by atoms with Crippen molar-refractivity contribution in [1.82, 2.24) is 4.90 Å². The number of benzene rings is 1. The maximum Gasteiger partial charge on any atom is 0.254 e. The van der Waals surface area contributed by atoms with Crippen LogP contribution in [0.4, 0.5) is 5.69 Å². The fourth-order valence-electron chi connectivity index (χ4n) is 3.34. The summed E-state index contributed by atoms with van der Waals surface area (Å²) in [6, 6.07) is 8.00. The van der Waals surface area contributed by atoms with E-state index in [0.717, 1.165) is 62.3 Å². The van der Waals surface area contributed by atoms with Crippen molar-refractivity contribution in [2.75, 3.05) is 30.3 Å². The van der Waals surface area contributed by atoms with Gasteiger partial charge in [-0.05, 0) is 43.5 Å². The molecule has 2 aliphatic heterocycles. The molecule has 1 amide bonds. The summed E-state index contributed by atoms with van der Waals surface area (Å²) in [7, 11) is 0. The van der Waals surface area contributed by atoms with Crippen LogP contribution in [0.5, 0.6) is 0 Å². The van der Waals surface area contributed by atoms with Crippen LogP contribution >= 0.6 is 11.8 Å². The minimum absolute atomic E-state index is 0.157. The van der Waals surface area contributed by atoms with Crippen molar-refractivity contribution in [2.24, 2.45) is 0 Å². The highest BCUT2D eigenvalue weighted by atomic mass is 32.2. The Labute approximate surface area is 142 Å². The van der Waals surface area contributed by atoms with E-state index in [9.17, 15) is 9.90 Å².